The fraction of sp³-hybridized carbons (Fsp3) is 0.0667. The maximum absolute atomic E-state index is 12.3. The summed E-state index contributed by atoms with van der Waals surface area (Å²) in [4.78, 5) is 28.6. The molecule has 2 aromatic rings. The SMILES string of the molecule is CN1C(=O)C(c2ccccc2)=C(c2ccc[nH]2)C1=O. The van der Waals surface area contributed by atoms with Crippen LogP contribution in [0, 0.1) is 0 Å². The van der Waals surface area contributed by atoms with Crippen LogP contribution in [0.4, 0.5) is 0 Å². The van der Waals surface area contributed by atoms with E-state index < -0.39 is 0 Å². The Balaban J connectivity index is 2.26. The molecule has 3 rings (SSSR count). The molecule has 2 amide bonds. The van der Waals surface area contributed by atoms with Gasteiger partial charge in [-0.1, -0.05) is 30.3 Å². The molecule has 2 heterocycles. The molecule has 1 aliphatic heterocycles. The van der Waals surface area contributed by atoms with Crippen molar-refractivity contribution >= 4 is 23.0 Å². The van der Waals surface area contributed by atoms with Gasteiger partial charge in [0.05, 0.1) is 16.8 Å². The molecular formula is C15H12N2O2. The predicted octanol–water partition coefficient (Wildman–Crippen LogP) is 1.92. The second-order valence-electron chi connectivity index (χ2n) is 4.37. The van der Waals surface area contributed by atoms with E-state index in [1.54, 1.807) is 18.3 Å². The molecule has 0 unspecified atom stereocenters. The summed E-state index contributed by atoms with van der Waals surface area (Å²) < 4.78 is 0. The number of rotatable bonds is 2. The Labute approximate surface area is 110 Å². The van der Waals surface area contributed by atoms with Crippen LogP contribution >= 0.6 is 0 Å². The Hall–Kier alpha value is -2.62. The minimum Gasteiger partial charge on any atom is -0.361 e. The standard InChI is InChI=1S/C15H12N2O2/c1-17-14(18)12(10-6-3-2-4-7-10)13(15(17)19)11-8-5-9-16-11/h2-9,16H,1H3. The Kier molecular flexibility index (Phi) is 2.56. The second kappa shape index (κ2) is 4.24. The van der Waals surface area contributed by atoms with Crippen molar-refractivity contribution in [3.05, 3.63) is 59.9 Å². The van der Waals surface area contributed by atoms with Crippen LogP contribution in [0.15, 0.2) is 48.7 Å². The first-order chi connectivity index (χ1) is 9.20. The van der Waals surface area contributed by atoms with Crippen LogP contribution in [0.3, 0.4) is 0 Å². The topological polar surface area (TPSA) is 53.2 Å². The minimum atomic E-state index is -0.272. The zero-order valence-electron chi connectivity index (χ0n) is 10.4. The van der Waals surface area contributed by atoms with E-state index in [1.165, 1.54) is 7.05 Å². The number of carbonyl (C=O) groups is 2. The van der Waals surface area contributed by atoms with Gasteiger partial charge in [-0.2, -0.15) is 0 Å². The van der Waals surface area contributed by atoms with Crippen LogP contribution in [-0.2, 0) is 9.59 Å². The maximum atomic E-state index is 12.3. The van der Waals surface area contributed by atoms with Crippen LogP contribution in [0.2, 0.25) is 0 Å². The smallest absolute Gasteiger partial charge is 0.263 e. The van der Waals surface area contributed by atoms with E-state index in [1.807, 2.05) is 30.3 Å². The largest absolute Gasteiger partial charge is 0.361 e. The summed E-state index contributed by atoms with van der Waals surface area (Å²) in [5, 5.41) is 0. The highest BCUT2D eigenvalue weighted by Gasteiger charge is 2.37. The predicted molar refractivity (Wildman–Crippen MR) is 71.8 cm³/mol. The van der Waals surface area contributed by atoms with E-state index in [0.29, 0.717) is 16.8 Å². The van der Waals surface area contributed by atoms with Gasteiger partial charge in [-0.05, 0) is 17.7 Å². The lowest BCUT2D eigenvalue weighted by Gasteiger charge is -2.06. The molecule has 1 aliphatic rings. The summed E-state index contributed by atoms with van der Waals surface area (Å²) >= 11 is 0. The zero-order chi connectivity index (χ0) is 13.4. The van der Waals surface area contributed by atoms with Gasteiger partial charge in [-0.3, -0.25) is 14.5 Å². The molecule has 4 heteroatoms. The summed E-state index contributed by atoms with van der Waals surface area (Å²) in [6.45, 7) is 0. The van der Waals surface area contributed by atoms with Crippen LogP contribution in [0.5, 0.6) is 0 Å². The van der Waals surface area contributed by atoms with Gasteiger partial charge < -0.3 is 4.98 Å². The lowest BCUT2D eigenvalue weighted by molar-refractivity contribution is -0.134. The molecule has 19 heavy (non-hydrogen) atoms. The number of hydrogen-bond donors (Lipinski definition) is 1. The van der Waals surface area contributed by atoms with Gasteiger partial charge in [-0.15, -0.1) is 0 Å². The normalized spacial score (nSPS) is 15.5. The van der Waals surface area contributed by atoms with Crippen LogP contribution in [0.1, 0.15) is 11.3 Å². The monoisotopic (exact) mass is 252 g/mol. The number of nitrogens with one attached hydrogen (secondary N) is 1. The summed E-state index contributed by atoms with van der Waals surface area (Å²) in [5.74, 6) is -0.535. The van der Waals surface area contributed by atoms with Gasteiger partial charge in [0, 0.05) is 13.2 Å². The van der Waals surface area contributed by atoms with Gasteiger partial charge in [0.25, 0.3) is 11.8 Å². The van der Waals surface area contributed by atoms with Crippen molar-refractivity contribution < 1.29 is 9.59 Å². The van der Waals surface area contributed by atoms with Crippen molar-refractivity contribution in [1.29, 1.82) is 0 Å². The first kappa shape index (κ1) is 11.5. The van der Waals surface area contributed by atoms with Crippen molar-refractivity contribution in [2.75, 3.05) is 7.05 Å². The summed E-state index contributed by atoms with van der Waals surface area (Å²) in [6, 6.07) is 12.9. The number of aromatic nitrogens is 1. The molecule has 0 saturated heterocycles. The van der Waals surface area contributed by atoms with Gasteiger partial charge in [0.1, 0.15) is 0 Å². The number of amides is 2. The van der Waals surface area contributed by atoms with Gasteiger partial charge >= 0.3 is 0 Å². The molecule has 0 saturated carbocycles. The molecule has 1 aromatic carbocycles. The van der Waals surface area contributed by atoms with Crippen LogP contribution < -0.4 is 0 Å². The average molecular weight is 252 g/mol. The van der Waals surface area contributed by atoms with E-state index in [2.05, 4.69) is 4.98 Å². The van der Waals surface area contributed by atoms with E-state index in [9.17, 15) is 9.59 Å². The molecule has 0 fully saturated rings. The summed E-state index contributed by atoms with van der Waals surface area (Å²) in [6.07, 6.45) is 1.74. The number of likely N-dealkylation sites (N-methyl/N-ethyl adjacent to an activating group) is 1. The molecule has 4 nitrogen and oxygen atoms in total. The van der Waals surface area contributed by atoms with Crippen molar-refractivity contribution in [1.82, 2.24) is 9.88 Å². The average Bonchev–Trinajstić information content (AvgIpc) is 3.03. The third-order valence-electron chi connectivity index (χ3n) is 3.22. The highest BCUT2D eigenvalue weighted by molar-refractivity contribution is 6.48. The second-order valence-corrected chi connectivity index (χ2v) is 4.37. The fourth-order valence-electron chi connectivity index (χ4n) is 2.25. The molecule has 0 atom stereocenters. The maximum Gasteiger partial charge on any atom is 0.263 e. The molecule has 94 valence electrons. The zero-order valence-corrected chi connectivity index (χ0v) is 10.4. The van der Waals surface area contributed by atoms with Crippen molar-refractivity contribution in [2.24, 2.45) is 0 Å². The number of aromatic amines is 1. The molecule has 1 aromatic heterocycles. The lowest BCUT2D eigenvalue weighted by Crippen LogP contribution is -2.26. The van der Waals surface area contributed by atoms with Crippen molar-refractivity contribution in [3.8, 4) is 0 Å². The quantitative estimate of drug-likeness (QED) is 0.830. The van der Waals surface area contributed by atoms with Crippen LogP contribution in [0.25, 0.3) is 11.1 Å². The first-order valence-corrected chi connectivity index (χ1v) is 5.96. The number of carbonyl (C=O) groups excluding carboxylic acids is 2. The Morgan fingerprint density at radius 2 is 1.58 bits per heavy atom. The molecule has 0 spiro atoms. The van der Waals surface area contributed by atoms with Crippen molar-refractivity contribution in [2.45, 2.75) is 0 Å². The van der Waals surface area contributed by atoms with Gasteiger partial charge in [0.15, 0.2) is 0 Å². The van der Waals surface area contributed by atoms with E-state index in [4.69, 9.17) is 0 Å². The molecule has 0 aliphatic carbocycles. The molecule has 1 N–H and O–H groups in total. The first-order valence-electron chi connectivity index (χ1n) is 5.96. The fourth-order valence-corrected chi connectivity index (χ4v) is 2.25. The molecule has 0 bridgehead atoms. The number of nitrogens with zero attached hydrogens (tertiary/aromatic N) is 1. The molecule has 0 radical (unpaired) electrons. The van der Waals surface area contributed by atoms with Gasteiger partial charge in [0.2, 0.25) is 0 Å². The lowest BCUT2D eigenvalue weighted by atomic mass is 10.00. The van der Waals surface area contributed by atoms with Gasteiger partial charge in [-0.25, -0.2) is 0 Å². The van der Waals surface area contributed by atoms with Crippen LogP contribution in [-0.4, -0.2) is 28.7 Å². The third-order valence-corrected chi connectivity index (χ3v) is 3.22. The number of H-pyrrole nitrogens is 1. The van der Waals surface area contributed by atoms with E-state index in [0.717, 1.165) is 10.5 Å². The highest BCUT2D eigenvalue weighted by Crippen LogP contribution is 2.33. The Morgan fingerprint density at radius 3 is 2.21 bits per heavy atom. The summed E-state index contributed by atoms with van der Waals surface area (Å²) in [5.41, 5.74) is 2.32. The van der Waals surface area contributed by atoms with E-state index in [-0.39, 0.29) is 11.8 Å². The van der Waals surface area contributed by atoms with E-state index >= 15 is 0 Å². The number of benzene rings is 1. The summed E-state index contributed by atoms with van der Waals surface area (Å²) in [7, 11) is 1.50. The number of hydrogen-bond acceptors (Lipinski definition) is 2. The Bertz CT molecular complexity index is 669. The third kappa shape index (κ3) is 1.69. The van der Waals surface area contributed by atoms with Crippen molar-refractivity contribution in [3.63, 3.8) is 0 Å². The molecular weight excluding hydrogens is 240 g/mol. The highest BCUT2D eigenvalue weighted by atomic mass is 16.2. The Morgan fingerprint density at radius 1 is 0.895 bits per heavy atom. The minimum absolute atomic E-state index is 0.263. The number of imide groups is 1.